The molecule has 116 valence electrons. The van der Waals surface area contributed by atoms with Crippen LogP contribution in [0.4, 0.5) is 0 Å². The maximum atomic E-state index is 5.35. The number of rotatable bonds is 4. The largest absolute Gasteiger partial charge is 0.494 e. The zero-order chi connectivity index (χ0) is 14.8. The van der Waals surface area contributed by atoms with Gasteiger partial charge >= 0.3 is 0 Å². The molecule has 2 atom stereocenters. The number of piperidine rings is 1. The number of nitrogens with one attached hydrogen (secondary N) is 1. The van der Waals surface area contributed by atoms with Crippen molar-refractivity contribution >= 4 is 31.9 Å². The Morgan fingerprint density at radius 3 is 2.71 bits per heavy atom. The summed E-state index contributed by atoms with van der Waals surface area (Å²) >= 11 is 7.14. The standard InChI is InChI=1S/C16H22Br2N2O/c1-21-16-14(17)7-11(8-15(16)18)10-19-12-4-6-20-5-2-3-13(20)9-12/h7-8,12-13,19H,2-6,9-10H2,1H3. The fraction of sp³-hybridized carbons (Fsp3) is 0.625. The fourth-order valence-electron chi connectivity index (χ4n) is 3.58. The Morgan fingerprint density at radius 2 is 2.00 bits per heavy atom. The number of benzene rings is 1. The van der Waals surface area contributed by atoms with E-state index in [1.165, 1.54) is 44.3 Å². The molecule has 0 saturated carbocycles. The highest BCUT2D eigenvalue weighted by Gasteiger charge is 2.31. The summed E-state index contributed by atoms with van der Waals surface area (Å²) in [6.45, 7) is 3.49. The van der Waals surface area contributed by atoms with Crippen LogP contribution in [0, 0.1) is 0 Å². The molecule has 0 spiro atoms. The van der Waals surface area contributed by atoms with Crippen LogP contribution >= 0.6 is 31.9 Å². The Bertz CT molecular complexity index is 486. The highest BCUT2D eigenvalue weighted by atomic mass is 79.9. The average molecular weight is 418 g/mol. The highest BCUT2D eigenvalue weighted by molar-refractivity contribution is 9.11. The first-order valence-corrected chi connectivity index (χ1v) is 9.25. The van der Waals surface area contributed by atoms with Crippen LogP contribution in [0.1, 0.15) is 31.2 Å². The quantitative estimate of drug-likeness (QED) is 0.802. The second-order valence-corrected chi connectivity index (χ2v) is 7.74. The fourth-order valence-corrected chi connectivity index (χ4v) is 5.19. The normalized spacial score (nSPS) is 25.9. The van der Waals surface area contributed by atoms with E-state index < -0.39 is 0 Å². The van der Waals surface area contributed by atoms with Gasteiger partial charge in [-0.15, -0.1) is 0 Å². The zero-order valence-corrected chi connectivity index (χ0v) is 15.5. The number of hydrogen-bond acceptors (Lipinski definition) is 3. The van der Waals surface area contributed by atoms with E-state index in [9.17, 15) is 0 Å². The Balaban J connectivity index is 1.58. The molecule has 1 aromatic carbocycles. The Kier molecular flexibility index (Phi) is 5.25. The molecule has 0 amide bonds. The summed E-state index contributed by atoms with van der Waals surface area (Å²) in [6.07, 6.45) is 5.35. The van der Waals surface area contributed by atoms with Gasteiger partial charge in [-0.3, -0.25) is 0 Å². The van der Waals surface area contributed by atoms with Gasteiger partial charge in [-0.05, 0) is 88.3 Å². The van der Waals surface area contributed by atoms with Crippen LogP contribution in [0.15, 0.2) is 21.1 Å². The van der Waals surface area contributed by atoms with Crippen LogP contribution in [-0.2, 0) is 6.54 Å². The van der Waals surface area contributed by atoms with E-state index in [0.29, 0.717) is 6.04 Å². The molecule has 1 N–H and O–H groups in total. The van der Waals surface area contributed by atoms with Crippen LogP contribution in [0.5, 0.6) is 5.75 Å². The first-order valence-electron chi connectivity index (χ1n) is 7.66. The van der Waals surface area contributed by atoms with Gasteiger partial charge in [0.25, 0.3) is 0 Å². The lowest BCUT2D eigenvalue weighted by atomic mass is 9.97. The molecule has 2 saturated heterocycles. The number of fused-ring (bicyclic) bond motifs is 1. The van der Waals surface area contributed by atoms with Crippen molar-refractivity contribution in [1.29, 1.82) is 0 Å². The molecule has 0 aromatic heterocycles. The van der Waals surface area contributed by atoms with Gasteiger partial charge in [0.1, 0.15) is 5.75 Å². The summed E-state index contributed by atoms with van der Waals surface area (Å²) in [4.78, 5) is 2.67. The molecule has 3 nitrogen and oxygen atoms in total. The zero-order valence-electron chi connectivity index (χ0n) is 12.4. The molecule has 5 heteroatoms. The summed E-state index contributed by atoms with van der Waals surface area (Å²) in [5.41, 5.74) is 1.28. The molecule has 21 heavy (non-hydrogen) atoms. The minimum absolute atomic E-state index is 0.656. The minimum atomic E-state index is 0.656. The van der Waals surface area contributed by atoms with Gasteiger partial charge in [-0.1, -0.05) is 0 Å². The Morgan fingerprint density at radius 1 is 1.24 bits per heavy atom. The van der Waals surface area contributed by atoms with Crippen LogP contribution < -0.4 is 10.1 Å². The summed E-state index contributed by atoms with van der Waals surface area (Å²) in [6, 6.07) is 5.76. The first kappa shape index (κ1) is 15.8. The van der Waals surface area contributed by atoms with Gasteiger partial charge in [0.15, 0.2) is 0 Å². The molecule has 0 bridgehead atoms. The Hall–Kier alpha value is -0.100. The highest BCUT2D eigenvalue weighted by Crippen LogP contribution is 2.34. The molecule has 0 radical (unpaired) electrons. The van der Waals surface area contributed by atoms with E-state index in [0.717, 1.165) is 27.3 Å². The van der Waals surface area contributed by atoms with E-state index in [4.69, 9.17) is 4.74 Å². The number of methoxy groups -OCH3 is 1. The van der Waals surface area contributed by atoms with Gasteiger partial charge < -0.3 is 15.0 Å². The lowest BCUT2D eigenvalue weighted by Gasteiger charge is -2.35. The van der Waals surface area contributed by atoms with Crippen molar-refractivity contribution in [2.24, 2.45) is 0 Å². The molecular weight excluding hydrogens is 396 g/mol. The van der Waals surface area contributed by atoms with Gasteiger partial charge in [-0.2, -0.15) is 0 Å². The van der Waals surface area contributed by atoms with Crippen molar-refractivity contribution in [2.45, 2.75) is 44.3 Å². The maximum Gasteiger partial charge on any atom is 0.147 e. The summed E-state index contributed by atoms with van der Waals surface area (Å²) in [5, 5.41) is 3.73. The third kappa shape index (κ3) is 3.63. The summed E-state index contributed by atoms with van der Waals surface area (Å²) < 4.78 is 7.36. The van der Waals surface area contributed by atoms with Crippen molar-refractivity contribution in [3.63, 3.8) is 0 Å². The molecule has 2 heterocycles. The maximum absolute atomic E-state index is 5.35. The lowest BCUT2D eigenvalue weighted by molar-refractivity contribution is 0.166. The van der Waals surface area contributed by atoms with E-state index in [2.05, 4.69) is 54.2 Å². The predicted molar refractivity (Wildman–Crippen MR) is 92.9 cm³/mol. The lowest BCUT2D eigenvalue weighted by Crippen LogP contribution is -2.45. The monoisotopic (exact) mass is 416 g/mol. The topological polar surface area (TPSA) is 24.5 Å². The summed E-state index contributed by atoms with van der Waals surface area (Å²) in [7, 11) is 1.69. The predicted octanol–water partition coefficient (Wildman–Crippen LogP) is 3.94. The third-order valence-electron chi connectivity index (χ3n) is 4.68. The number of halogens is 2. The molecular formula is C16H22Br2N2O. The van der Waals surface area contributed by atoms with Crippen molar-refractivity contribution in [3.05, 3.63) is 26.6 Å². The number of ether oxygens (including phenoxy) is 1. The molecule has 1 aromatic rings. The molecule has 2 unspecified atom stereocenters. The van der Waals surface area contributed by atoms with Crippen LogP contribution in [0.3, 0.4) is 0 Å². The summed E-state index contributed by atoms with van der Waals surface area (Å²) in [5.74, 6) is 0.859. The number of hydrogen-bond donors (Lipinski definition) is 1. The third-order valence-corrected chi connectivity index (χ3v) is 5.86. The van der Waals surface area contributed by atoms with Crippen molar-refractivity contribution in [1.82, 2.24) is 10.2 Å². The minimum Gasteiger partial charge on any atom is -0.494 e. The van der Waals surface area contributed by atoms with Crippen LogP contribution in [0.25, 0.3) is 0 Å². The van der Waals surface area contributed by atoms with Gasteiger partial charge in [0, 0.05) is 18.6 Å². The van der Waals surface area contributed by atoms with Crippen molar-refractivity contribution < 1.29 is 4.74 Å². The molecule has 0 aliphatic carbocycles. The van der Waals surface area contributed by atoms with E-state index in [1.54, 1.807) is 7.11 Å². The van der Waals surface area contributed by atoms with Crippen molar-refractivity contribution in [2.75, 3.05) is 20.2 Å². The van der Waals surface area contributed by atoms with E-state index in [-0.39, 0.29) is 0 Å². The van der Waals surface area contributed by atoms with Gasteiger partial charge in [-0.25, -0.2) is 0 Å². The Labute approximate surface area is 143 Å². The van der Waals surface area contributed by atoms with Gasteiger partial charge in [0.2, 0.25) is 0 Å². The van der Waals surface area contributed by atoms with E-state index in [1.807, 2.05) is 0 Å². The SMILES string of the molecule is COc1c(Br)cc(CNC2CCN3CCCC3C2)cc1Br. The smallest absolute Gasteiger partial charge is 0.147 e. The van der Waals surface area contributed by atoms with Crippen LogP contribution in [-0.4, -0.2) is 37.2 Å². The van der Waals surface area contributed by atoms with E-state index >= 15 is 0 Å². The van der Waals surface area contributed by atoms with Crippen molar-refractivity contribution in [3.8, 4) is 5.75 Å². The second-order valence-electron chi connectivity index (χ2n) is 6.03. The van der Waals surface area contributed by atoms with Crippen LogP contribution in [0.2, 0.25) is 0 Å². The average Bonchev–Trinajstić information content (AvgIpc) is 2.92. The molecule has 2 aliphatic rings. The van der Waals surface area contributed by atoms with Gasteiger partial charge in [0.05, 0.1) is 16.1 Å². The second kappa shape index (κ2) is 6.99. The molecule has 2 aliphatic heterocycles. The molecule has 2 fully saturated rings. The molecule has 3 rings (SSSR count). The number of nitrogens with zero attached hydrogens (tertiary/aromatic N) is 1. The first-order chi connectivity index (χ1) is 10.2.